The predicted octanol–water partition coefficient (Wildman–Crippen LogP) is 3.91. The molecule has 0 unspecified atom stereocenters. The quantitative estimate of drug-likeness (QED) is 0.699. The first-order chi connectivity index (χ1) is 11.6. The highest BCUT2D eigenvalue weighted by molar-refractivity contribution is 9.10. The normalized spacial score (nSPS) is 19.6. The van der Waals surface area contributed by atoms with E-state index >= 15 is 0 Å². The fourth-order valence-electron chi connectivity index (χ4n) is 3.07. The maximum atomic E-state index is 13.3. The van der Waals surface area contributed by atoms with Crippen LogP contribution in [0.15, 0.2) is 53.0 Å². The van der Waals surface area contributed by atoms with Crippen molar-refractivity contribution in [3.8, 4) is 0 Å². The van der Waals surface area contributed by atoms with Crippen LogP contribution in [0.25, 0.3) is 0 Å². The molecule has 0 radical (unpaired) electrons. The third-order valence-electron chi connectivity index (χ3n) is 4.23. The van der Waals surface area contributed by atoms with E-state index in [1.807, 2.05) is 12.1 Å². The molecule has 24 heavy (non-hydrogen) atoms. The average Bonchev–Trinajstić information content (AvgIpc) is 2.95. The molecule has 2 aromatic carbocycles. The topological polar surface area (TPSA) is 68.8 Å². The van der Waals surface area contributed by atoms with E-state index in [1.54, 1.807) is 16.8 Å². The van der Waals surface area contributed by atoms with Gasteiger partial charge < -0.3 is 11.1 Å². The van der Waals surface area contributed by atoms with Crippen LogP contribution in [0, 0.1) is 5.82 Å². The van der Waals surface area contributed by atoms with Gasteiger partial charge in [0.25, 0.3) is 0 Å². The summed E-state index contributed by atoms with van der Waals surface area (Å²) < 4.78 is 16.1. The zero-order valence-corrected chi connectivity index (χ0v) is 14.2. The summed E-state index contributed by atoms with van der Waals surface area (Å²) in [5.41, 5.74) is 7.91. The minimum absolute atomic E-state index is 0.0553. The third kappa shape index (κ3) is 2.75. The standard InChI is InChI=1S/C17H15BrFN5/c18-12-5-1-10(2-6-12)14-9-15(11-3-7-13(19)8-4-11)24-17(21-14)22-16(20)23-24/h1-8,14-15H,9H2,(H3,20,21,22,23)/t14-,15-/m1/s1. The number of aromatic nitrogens is 3. The van der Waals surface area contributed by atoms with Crippen molar-refractivity contribution in [3.63, 3.8) is 0 Å². The van der Waals surface area contributed by atoms with Crippen LogP contribution in [-0.2, 0) is 0 Å². The first-order valence-corrected chi connectivity index (χ1v) is 8.39. The van der Waals surface area contributed by atoms with Gasteiger partial charge in [-0.15, -0.1) is 5.10 Å². The Bertz CT molecular complexity index is 860. The second-order valence-corrected chi connectivity index (χ2v) is 6.71. The highest BCUT2D eigenvalue weighted by Crippen LogP contribution is 2.38. The van der Waals surface area contributed by atoms with Crippen molar-refractivity contribution >= 4 is 27.8 Å². The molecule has 4 rings (SSSR count). The summed E-state index contributed by atoms with van der Waals surface area (Å²) in [5, 5.41) is 7.68. The number of nitrogens with two attached hydrogens (primary N) is 1. The van der Waals surface area contributed by atoms with Crippen molar-refractivity contribution in [2.24, 2.45) is 0 Å². The lowest BCUT2D eigenvalue weighted by molar-refractivity contribution is 0.431. The van der Waals surface area contributed by atoms with Gasteiger partial charge in [-0.1, -0.05) is 40.2 Å². The van der Waals surface area contributed by atoms with Crippen LogP contribution < -0.4 is 11.1 Å². The Labute approximate surface area is 146 Å². The molecule has 0 fully saturated rings. The van der Waals surface area contributed by atoms with E-state index in [0.29, 0.717) is 5.95 Å². The molecule has 0 bridgehead atoms. The van der Waals surface area contributed by atoms with Crippen molar-refractivity contribution in [1.82, 2.24) is 14.8 Å². The van der Waals surface area contributed by atoms with Gasteiger partial charge >= 0.3 is 0 Å². The van der Waals surface area contributed by atoms with E-state index in [4.69, 9.17) is 5.73 Å². The SMILES string of the molecule is Nc1nc2n(n1)[C@@H](c1ccc(F)cc1)C[C@H](c1ccc(Br)cc1)N2. The predicted molar refractivity (Wildman–Crippen MR) is 94.1 cm³/mol. The lowest BCUT2D eigenvalue weighted by Crippen LogP contribution is -2.28. The Morgan fingerprint density at radius 3 is 2.46 bits per heavy atom. The Hall–Kier alpha value is -2.41. The van der Waals surface area contributed by atoms with Crippen LogP contribution in [0.1, 0.15) is 29.6 Å². The molecular formula is C17H15BrFN5. The number of fused-ring (bicyclic) bond motifs is 1. The molecule has 5 nitrogen and oxygen atoms in total. The van der Waals surface area contributed by atoms with Crippen molar-refractivity contribution in [2.75, 3.05) is 11.1 Å². The van der Waals surface area contributed by atoms with Crippen molar-refractivity contribution in [3.05, 3.63) is 69.9 Å². The summed E-state index contributed by atoms with van der Waals surface area (Å²) in [4.78, 5) is 4.27. The number of nitrogen functional groups attached to an aromatic ring is 1. The molecule has 3 N–H and O–H groups in total. The molecule has 2 atom stereocenters. The highest BCUT2D eigenvalue weighted by Gasteiger charge is 2.30. The zero-order valence-electron chi connectivity index (χ0n) is 12.7. The third-order valence-corrected chi connectivity index (χ3v) is 4.76. The summed E-state index contributed by atoms with van der Waals surface area (Å²) in [6.45, 7) is 0. The van der Waals surface area contributed by atoms with E-state index < -0.39 is 0 Å². The molecule has 1 aliphatic heterocycles. The molecule has 2 heterocycles. The summed E-state index contributed by atoms with van der Waals surface area (Å²) in [5.74, 6) is 0.595. The number of hydrogen-bond acceptors (Lipinski definition) is 4. The Balaban J connectivity index is 1.74. The van der Waals surface area contributed by atoms with Crippen LogP contribution in [0.5, 0.6) is 0 Å². The summed E-state index contributed by atoms with van der Waals surface area (Å²) >= 11 is 3.46. The second kappa shape index (κ2) is 5.90. The Kier molecular flexibility index (Phi) is 3.72. The first-order valence-electron chi connectivity index (χ1n) is 7.59. The molecule has 3 aromatic rings. The van der Waals surface area contributed by atoms with Gasteiger partial charge in [-0.25, -0.2) is 9.07 Å². The van der Waals surface area contributed by atoms with E-state index in [1.165, 1.54) is 12.1 Å². The van der Waals surface area contributed by atoms with Crippen LogP contribution >= 0.6 is 15.9 Å². The Morgan fingerprint density at radius 2 is 1.75 bits per heavy atom. The number of rotatable bonds is 2. The van der Waals surface area contributed by atoms with Gasteiger partial charge in [-0.2, -0.15) is 4.98 Å². The van der Waals surface area contributed by atoms with Gasteiger partial charge in [-0.05, 0) is 41.8 Å². The zero-order chi connectivity index (χ0) is 16.7. The van der Waals surface area contributed by atoms with E-state index in [-0.39, 0.29) is 23.8 Å². The molecule has 7 heteroatoms. The fourth-order valence-corrected chi connectivity index (χ4v) is 3.33. The summed E-state index contributed by atoms with van der Waals surface area (Å²) in [6, 6.07) is 14.7. The van der Waals surface area contributed by atoms with E-state index in [0.717, 1.165) is 22.0 Å². The highest BCUT2D eigenvalue weighted by atomic mass is 79.9. The summed E-state index contributed by atoms with van der Waals surface area (Å²) in [7, 11) is 0. The largest absolute Gasteiger partial charge is 0.366 e. The number of nitrogens with one attached hydrogen (secondary N) is 1. The maximum Gasteiger partial charge on any atom is 0.241 e. The van der Waals surface area contributed by atoms with Crippen molar-refractivity contribution < 1.29 is 4.39 Å². The summed E-state index contributed by atoms with van der Waals surface area (Å²) in [6.07, 6.45) is 0.767. The van der Waals surface area contributed by atoms with Crippen molar-refractivity contribution in [2.45, 2.75) is 18.5 Å². The number of halogens is 2. The molecule has 0 spiro atoms. The molecule has 122 valence electrons. The van der Waals surface area contributed by atoms with E-state index in [9.17, 15) is 4.39 Å². The maximum absolute atomic E-state index is 13.3. The van der Waals surface area contributed by atoms with Gasteiger partial charge in [0, 0.05) is 4.47 Å². The van der Waals surface area contributed by atoms with E-state index in [2.05, 4.69) is 43.5 Å². The fraction of sp³-hybridized carbons (Fsp3) is 0.176. The molecule has 1 aliphatic rings. The minimum Gasteiger partial charge on any atom is -0.366 e. The van der Waals surface area contributed by atoms with Gasteiger partial charge in [0.05, 0.1) is 12.1 Å². The molecule has 0 amide bonds. The lowest BCUT2D eigenvalue weighted by atomic mass is 9.93. The van der Waals surface area contributed by atoms with Crippen LogP contribution in [0.3, 0.4) is 0 Å². The lowest BCUT2D eigenvalue weighted by Gasteiger charge is -2.31. The second-order valence-electron chi connectivity index (χ2n) is 5.79. The van der Waals surface area contributed by atoms with Crippen LogP contribution in [-0.4, -0.2) is 14.8 Å². The first kappa shape index (κ1) is 15.1. The number of benzene rings is 2. The van der Waals surface area contributed by atoms with Gasteiger partial charge in [0.15, 0.2) is 0 Å². The van der Waals surface area contributed by atoms with Gasteiger partial charge in [-0.3, -0.25) is 0 Å². The van der Waals surface area contributed by atoms with Gasteiger partial charge in [0.2, 0.25) is 11.9 Å². The number of anilines is 2. The monoisotopic (exact) mass is 387 g/mol. The number of nitrogens with zero attached hydrogens (tertiary/aromatic N) is 3. The Morgan fingerprint density at radius 1 is 1.08 bits per heavy atom. The van der Waals surface area contributed by atoms with Gasteiger partial charge in [0.1, 0.15) is 5.82 Å². The average molecular weight is 388 g/mol. The molecule has 0 saturated carbocycles. The van der Waals surface area contributed by atoms with Crippen LogP contribution in [0.2, 0.25) is 0 Å². The number of hydrogen-bond donors (Lipinski definition) is 2. The smallest absolute Gasteiger partial charge is 0.241 e. The molecule has 1 aromatic heterocycles. The molecule has 0 saturated heterocycles. The molecule has 0 aliphatic carbocycles. The molecular weight excluding hydrogens is 373 g/mol. The minimum atomic E-state index is -0.254. The van der Waals surface area contributed by atoms with Crippen LogP contribution in [0.4, 0.5) is 16.3 Å². The van der Waals surface area contributed by atoms with Crippen molar-refractivity contribution in [1.29, 1.82) is 0 Å².